The zero-order valence-corrected chi connectivity index (χ0v) is 10.9. The SMILES string of the molecule is COCCC(N)C(=O)N1c2ccccc2CC1C. The first-order valence-electron chi connectivity index (χ1n) is 6.30. The molecule has 4 heteroatoms. The van der Waals surface area contributed by atoms with Crippen LogP contribution in [-0.4, -0.2) is 31.7 Å². The van der Waals surface area contributed by atoms with Crippen molar-refractivity contribution in [3.8, 4) is 0 Å². The molecule has 2 rings (SSSR count). The Balaban J connectivity index is 2.15. The molecule has 2 unspecified atom stereocenters. The summed E-state index contributed by atoms with van der Waals surface area (Å²) in [5, 5.41) is 0. The first-order chi connectivity index (χ1) is 8.65. The molecule has 0 aromatic heterocycles. The number of nitrogens with two attached hydrogens (primary N) is 1. The van der Waals surface area contributed by atoms with E-state index in [4.69, 9.17) is 10.5 Å². The highest BCUT2D eigenvalue weighted by atomic mass is 16.5. The fourth-order valence-electron chi connectivity index (χ4n) is 2.45. The Morgan fingerprint density at radius 1 is 1.56 bits per heavy atom. The third-order valence-electron chi connectivity index (χ3n) is 3.39. The van der Waals surface area contributed by atoms with Gasteiger partial charge in [0.2, 0.25) is 5.91 Å². The van der Waals surface area contributed by atoms with Gasteiger partial charge >= 0.3 is 0 Å². The molecule has 4 nitrogen and oxygen atoms in total. The second-order valence-electron chi connectivity index (χ2n) is 4.78. The number of fused-ring (bicyclic) bond motifs is 1. The summed E-state index contributed by atoms with van der Waals surface area (Å²) >= 11 is 0. The summed E-state index contributed by atoms with van der Waals surface area (Å²) in [6.07, 6.45) is 1.46. The highest BCUT2D eigenvalue weighted by Crippen LogP contribution is 2.32. The predicted octanol–water partition coefficient (Wildman–Crippen LogP) is 1.33. The van der Waals surface area contributed by atoms with Gasteiger partial charge in [0.1, 0.15) is 0 Å². The molecule has 0 saturated carbocycles. The number of carbonyl (C=O) groups is 1. The van der Waals surface area contributed by atoms with Crippen LogP contribution in [0.5, 0.6) is 0 Å². The predicted molar refractivity (Wildman–Crippen MR) is 71.6 cm³/mol. The molecule has 0 radical (unpaired) electrons. The number of amides is 1. The van der Waals surface area contributed by atoms with Gasteiger partial charge in [-0.15, -0.1) is 0 Å². The Morgan fingerprint density at radius 3 is 3.00 bits per heavy atom. The molecule has 2 atom stereocenters. The molecule has 98 valence electrons. The van der Waals surface area contributed by atoms with Gasteiger partial charge in [0.25, 0.3) is 0 Å². The molecule has 1 aliphatic heterocycles. The maximum absolute atomic E-state index is 12.4. The third kappa shape index (κ3) is 2.40. The van der Waals surface area contributed by atoms with Crippen LogP contribution in [0, 0.1) is 0 Å². The van der Waals surface area contributed by atoms with Crippen molar-refractivity contribution in [2.45, 2.75) is 31.8 Å². The molecular weight excluding hydrogens is 228 g/mol. The molecule has 0 bridgehead atoms. The summed E-state index contributed by atoms with van der Waals surface area (Å²) in [5.74, 6) is -0.00972. The number of nitrogens with zero attached hydrogens (tertiary/aromatic N) is 1. The molecule has 1 aromatic carbocycles. The molecule has 0 saturated heterocycles. The first kappa shape index (κ1) is 13.1. The molecule has 1 aromatic rings. The summed E-state index contributed by atoms with van der Waals surface area (Å²) < 4.78 is 4.97. The maximum atomic E-state index is 12.4. The van der Waals surface area contributed by atoms with Gasteiger partial charge in [-0.25, -0.2) is 0 Å². The van der Waals surface area contributed by atoms with E-state index < -0.39 is 6.04 Å². The van der Waals surface area contributed by atoms with Gasteiger partial charge in [0.15, 0.2) is 0 Å². The van der Waals surface area contributed by atoms with Gasteiger partial charge in [-0.1, -0.05) is 18.2 Å². The largest absolute Gasteiger partial charge is 0.385 e. The van der Waals surface area contributed by atoms with Crippen molar-refractivity contribution >= 4 is 11.6 Å². The molecule has 1 amide bonds. The number of para-hydroxylation sites is 1. The average Bonchev–Trinajstić information content (AvgIpc) is 2.70. The minimum Gasteiger partial charge on any atom is -0.385 e. The van der Waals surface area contributed by atoms with E-state index in [1.54, 1.807) is 7.11 Å². The number of benzene rings is 1. The first-order valence-corrected chi connectivity index (χ1v) is 6.30. The van der Waals surface area contributed by atoms with Gasteiger partial charge < -0.3 is 15.4 Å². The van der Waals surface area contributed by atoms with Crippen LogP contribution in [0.1, 0.15) is 18.9 Å². The second kappa shape index (κ2) is 5.50. The lowest BCUT2D eigenvalue weighted by atomic mass is 10.1. The van der Waals surface area contributed by atoms with E-state index in [1.807, 2.05) is 23.1 Å². The number of methoxy groups -OCH3 is 1. The number of ether oxygens (including phenoxy) is 1. The van der Waals surface area contributed by atoms with Crippen LogP contribution in [0.3, 0.4) is 0 Å². The summed E-state index contributed by atoms with van der Waals surface area (Å²) in [6.45, 7) is 2.57. The van der Waals surface area contributed by atoms with Gasteiger partial charge in [-0.3, -0.25) is 4.79 Å². The average molecular weight is 248 g/mol. The van der Waals surface area contributed by atoms with Crippen LogP contribution in [0.25, 0.3) is 0 Å². The molecule has 1 heterocycles. The van der Waals surface area contributed by atoms with E-state index in [2.05, 4.69) is 13.0 Å². The van der Waals surface area contributed by atoms with Crippen LogP contribution in [0.4, 0.5) is 5.69 Å². The van der Waals surface area contributed by atoms with Crippen LogP contribution >= 0.6 is 0 Å². The highest BCUT2D eigenvalue weighted by Gasteiger charge is 2.32. The van der Waals surface area contributed by atoms with Crippen molar-refractivity contribution < 1.29 is 9.53 Å². The minimum absolute atomic E-state index is 0.00972. The van der Waals surface area contributed by atoms with E-state index in [9.17, 15) is 4.79 Å². The summed E-state index contributed by atoms with van der Waals surface area (Å²) in [4.78, 5) is 14.2. The Kier molecular flexibility index (Phi) is 3.99. The highest BCUT2D eigenvalue weighted by molar-refractivity contribution is 5.99. The zero-order valence-electron chi connectivity index (χ0n) is 10.9. The summed E-state index contributed by atoms with van der Waals surface area (Å²) in [6, 6.07) is 7.71. The van der Waals surface area contributed by atoms with E-state index in [0.29, 0.717) is 13.0 Å². The van der Waals surface area contributed by atoms with Crippen LogP contribution in [0.2, 0.25) is 0 Å². The van der Waals surface area contributed by atoms with Crippen molar-refractivity contribution in [1.29, 1.82) is 0 Å². The number of rotatable bonds is 4. The molecule has 18 heavy (non-hydrogen) atoms. The van der Waals surface area contributed by atoms with Crippen molar-refractivity contribution in [3.05, 3.63) is 29.8 Å². The third-order valence-corrected chi connectivity index (χ3v) is 3.39. The maximum Gasteiger partial charge on any atom is 0.244 e. The summed E-state index contributed by atoms with van der Waals surface area (Å²) in [5.41, 5.74) is 8.15. The van der Waals surface area contributed by atoms with E-state index in [0.717, 1.165) is 12.1 Å². The van der Waals surface area contributed by atoms with Crippen LogP contribution in [0.15, 0.2) is 24.3 Å². The van der Waals surface area contributed by atoms with E-state index >= 15 is 0 Å². The molecule has 0 spiro atoms. The van der Waals surface area contributed by atoms with Gasteiger partial charge in [-0.05, 0) is 31.4 Å². The monoisotopic (exact) mass is 248 g/mol. The van der Waals surface area contributed by atoms with Gasteiger partial charge in [0.05, 0.1) is 6.04 Å². The van der Waals surface area contributed by atoms with Crippen molar-refractivity contribution in [2.24, 2.45) is 5.73 Å². The second-order valence-corrected chi connectivity index (χ2v) is 4.78. The molecular formula is C14H20N2O2. The molecule has 0 fully saturated rings. The number of carbonyl (C=O) groups excluding carboxylic acids is 1. The lowest BCUT2D eigenvalue weighted by molar-refractivity contribution is -0.120. The van der Waals surface area contributed by atoms with Gasteiger partial charge in [0, 0.05) is 25.4 Å². The molecule has 1 aliphatic rings. The Labute approximate surface area is 108 Å². The Bertz CT molecular complexity index is 434. The topological polar surface area (TPSA) is 55.6 Å². The van der Waals surface area contributed by atoms with Crippen LogP contribution in [-0.2, 0) is 16.0 Å². The van der Waals surface area contributed by atoms with Crippen molar-refractivity contribution in [2.75, 3.05) is 18.6 Å². The smallest absolute Gasteiger partial charge is 0.244 e. The number of anilines is 1. The standard InChI is InChI=1S/C14H20N2O2/c1-10-9-11-5-3-4-6-13(11)16(10)14(17)12(15)7-8-18-2/h3-6,10,12H,7-9,15H2,1-2H3. The fourth-order valence-corrected chi connectivity index (χ4v) is 2.45. The normalized spacial score (nSPS) is 19.7. The van der Waals surface area contributed by atoms with E-state index in [1.165, 1.54) is 5.56 Å². The van der Waals surface area contributed by atoms with E-state index in [-0.39, 0.29) is 11.9 Å². The zero-order chi connectivity index (χ0) is 13.1. The fraction of sp³-hybridized carbons (Fsp3) is 0.500. The number of hydrogen-bond donors (Lipinski definition) is 1. The number of hydrogen-bond acceptors (Lipinski definition) is 3. The lowest BCUT2D eigenvalue weighted by Crippen LogP contribution is -2.46. The van der Waals surface area contributed by atoms with Crippen LogP contribution < -0.4 is 10.6 Å². The summed E-state index contributed by atoms with van der Waals surface area (Å²) in [7, 11) is 1.62. The lowest BCUT2D eigenvalue weighted by Gasteiger charge is -2.25. The van der Waals surface area contributed by atoms with Crippen molar-refractivity contribution in [1.82, 2.24) is 0 Å². The quantitative estimate of drug-likeness (QED) is 0.874. The molecule has 0 aliphatic carbocycles. The van der Waals surface area contributed by atoms with Crippen molar-refractivity contribution in [3.63, 3.8) is 0 Å². The Morgan fingerprint density at radius 2 is 2.28 bits per heavy atom. The van der Waals surface area contributed by atoms with Gasteiger partial charge in [-0.2, -0.15) is 0 Å². The Hall–Kier alpha value is -1.39. The molecule has 2 N–H and O–H groups in total. The minimum atomic E-state index is -0.487.